The lowest BCUT2D eigenvalue weighted by Gasteiger charge is -2.17. The minimum absolute atomic E-state index is 0.822. The van der Waals surface area contributed by atoms with Crippen molar-refractivity contribution >= 4 is 28.3 Å². The molecule has 1 fully saturated rings. The Hall–Kier alpha value is -2.01. The van der Waals surface area contributed by atoms with Crippen LogP contribution < -0.4 is 4.90 Å². The van der Waals surface area contributed by atoms with Gasteiger partial charge in [-0.25, -0.2) is 4.99 Å². The van der Waals surface area contributed by atoms with Crippen LogP contribution in [0, 0.1) is 0 Å². The highest BCUT2D eigenvalue weighted by Crippen LogP contribution is 2.25. The van der Waals surface area contributed by atoms with Gasteiger partial charge in [-0.05, 0) is 36.4 Å². The first-order valence-electron chi connectivity index (χ1n) is 7.36. The molecule has 0 N–H and O–H groups in total. The average Bonchev–Trinajstić information content (AvgIpc) is 2.96. The van der Waals surface area contributed by atoms with Crippen molar-refractivity contribution < 1.29 is 0 Å². The maximum Gasteiger partial charge on any atom is 0.164 e. The maximum atomic E-state index is 4.80. The molecule has 0 unspecified atom stereocenters. The number of nitrogens with zero attached hydrogens (tertiary/aromatic N) is 4. The third kappa shape index (κ3) is 3.60. The van der Waals surface area contributed by atoms with Crippen molar-refractivity contribution in [3.8, 4) is 0 Å². The molecule has 22 heavy (non-hydrogen) atoms. The summed E-state index contributed by atoms with van der Waals surface area (Å²) in [5.74, 6) is 1.08. The zero-order chi connectivity index (χ0) is 15.4. The van der Waals surface area contributed by atoms with Crippen LogP contribution in [0.3, 0.4) is 0 Å². The van der Waals surface area contributed by atoms with Crippen molar-refractivity contribution in [3.05, 3.63) is 54.4 Å². The van der Waals surface area contributed by atoms with E-state index in [1.807, 2.05) is 44.2 Å². The van der Waals surface area contributed by atoms with E-state index >= 15 is 0 Å². The SMILES string of the molecule is CN(C)c1ccc(N=C2SCCN2Cc2ccccn2)cc1. The molecule has 1 saturated heterocycles. The number of rotatable bonds is 4. The van der Waals surface area contributed by atoms with E-state index in [9.17, 15) is 0 Å². The Morgan fingerprint density at radius 1 is 1.18 bits per heavy atom. The first kappa shape index (κ1) is 14.9. The van der Waals surface area contributed by atoms with E-state index in [0.29, 0.717) is 0 Å². The minimum atomic E-state index is 0.822. The Morgan fingerprint density at radius 2 is 2.00 bits per heavy atom. The number of amidine groups is 1. The van der Waals surface area contributed by atoms with Crippen molar-refractivity contribution in [2.75, 3.05) is 31.3 Å². The molecule has 0 radical (unpaired) electrons. The van der Waals surface area contributed by atoms with E-state index < -0.39 is 0 Å². The summed E-state index contributed by atoms with van der Waals surface area (Å²) in [6, 6.07) is 14.4. The minimum Gasteiger partial charge on any atom is -0.378 e. The topological polar surface area (TPSA) is 31.7 Å². The Balaban J connectivity index is 1.74. The van der Waals surface area contributed by atoms with Gasteiger partial charge in [0.15, 0.2) is 5.17 Å². The zero-order valence-electron chi connectivity index (χ0n) is 12.9. The second-order valence-electron chi connectivity index (χ2n) is 5.40. The van der Waals surface area contributed by atoms with Crippen LogP contribution in [0.2, 0.25) is 0 Å². The zero-order valence-corrected chi connectivity index (χ0v) is 13.8. The lowest BCUT2D eigenvalue weighted by Crippen LogP contribution is -2.24. The van der Waals surface area contributed by atoms with Crippen LogP contribution in [0.25, 0.3) is 0 Å². The van der Waals surface area contributed by atoms with Crippen LogP contribution >= 0.6 is 11.8 Å². The van der Waals surface area contributed by atoms with Crippen LogP contribution in [0.5, 0.6) is 0 Å². The largest absolute Gasteiger partial charge is 0.378 e. The van der Waals surface area contributed by atoms with Gasteiger partial charge in [0.1, 0.15) is 0 Å². The van der Waals surface area contributed by atoms with E-state index in [2.05, 4.69) is 45.1 Å². The van der Waals surface area contributed by atoms with Gasteiger partial charge in [-0.3, -0.25) is 4.98 Å². The molecule has 0 bridgehead atoms. The number of pyridine rings is 1. The molecule has 1 aromatic carbocycles. The fraction of sp³-hybridized carbons (Fsp3) is 0.294. The van der Waals surface area contributed by atoms with E-state index in [-0.39, 0.29) is 0 Å². The van der Waals surface area contributed by atoms with Crippen molar-refractivity contribution in [2.45, 2.75) is 6.54 Å². The Labute approximate surface area is 135 Å². The number of aromatic nitrogens is 1. The summed E-state index contributed by atoms with van der Waals surface area (Å²) in [4.78, 5) is 13.6. The second kappa shape index (κ2) is 6.83. The number of hydrogen-bond acceptors (Lipinski definition) is 4. The number of aliphatic imine (C=N–C) groups is 1. The van der Waals surface area contributed by atoms with Gasteiger partial charge >= 0.3 is 0 Å². The first-order valence-corrected chi connectivity index (χ1v) is 8.35. The predicted octanol–water partition coefficient (Wildman–Crippen LogP) is 3.38. The Bertz CT molecular complexity index is 637. The average molecular weight is 312 g/mol. The third-order valence-electron chi connectivity index (χ3n) is 3.53. The van der Waals surface area contributed by atoms with Crippen molar-refractivity contribution in [1.29, 1.82) is 0 Å². The molecular weight excluding hydrogens is 292 g/mol. The molecule has 0 amide bonds. The summed E-state index contributed by atoms with van der Waals surface area (Å²) < 4.78 is 0. The molecule has 1 aromatic heterocycles. The maximum absolute atomic E-state index is 4.80. The highest BCUT2D eigenvalue weighted by atomic mass is 32.2. The lowest BCUT2D eigenvalue weighted by molar-refractivity contribution is 0.450. The number of benzene rings is 1. The number of thioether (sulfide) groups is 1. The van der Waals surface area contributed by atoms with Crippen molar-refractivity contribution in [3.63, 3.8) is 0 Å². The molecular formula is C17H20N4S. The number of anilines is 1. The van der Waals surface area contributed by atoms with E-state index in [1.54, 1.807) is 0 Å². The van der Waals surface area contributed by atoms with E-state index in [0.717, 1.165) is 35.4 Å². The van der Waals surface area contributed by atoms with Crippen molar-refractivity contribution in [1.82, 2.24) is 9.88 Å². The Kier molecular flexibility index (Phi) is 4.63. The summed E-state index contributed by atoms with van der Waals surface area (Å²) in [5.41, 5.74) is 3.27. The normalized spacial score (nSPS) is 16.3. The highest BCUT2D eigenvalue weighted by Gasteiger charge is 2.19. The molecule has 0 spiro atoms. The van der Waals surface area contributed by atoms with Gasteiger partial charge in [0.25, 0.3) is 0 Å². The second-order valence-corrected chi connectivity index (χ2v) is 6.46. The molecule has 0 atom stereocenters. The predicted molar refractivity (Wildman–Crippen MR) is 95.0 cm³/mol. The molecule has 1 aliphatic heterocycles. The van der Waals surface area contributed by atoms with Crippen LogP contribution in [-0.4, -0.2) is 41.4 Å². The van der Waals surface area contributed by atoms with Crippen LogP contribution in [-0.2, 0) is 6.54 Å². The van der Waals surface area contributed by atoms with Crippen LogP contribution in [0.1, 0.15) is 5.69 Å². The van der Waals surface area contributed by atoms with Gasteiger partial charge < -0.3 is 9.80 Å². The summed E-state index contributed by atoms with van der Waals surface area (Å²) in [6.45, 7) is 1.85. The molecule has 3 rings (SSSR count). The fourth-order valence-electron chi connectivity index (χ4n) is 2.31. The lowest BCUT2D eigenvalue weighted by atomic mass is 10.3. The van der Waals surface area contributed by atoms with Gasteiger partial charge in [0, 0.05) is 38.3 Å². The monoisotopic (exact) mass is 312 g/mol. The summed E-state index contributed by atoms with van der Waals surface area (Å²) >= 11 is 1.81. The highest BCUT2D eigenvalue weighted by molar-refractivity contribution is 8.14. The van der Waals surface area contributed by atoms with Gasteiger partial charge in [-0.2, -0.15) is 0 Å². The Morgan fingerprint density at radius 3 is 2.68 bits per heavy atom. The van der Waals surface area contributed by atoms with Crippen LogP contribution in [0.15, 0.2) is 53.7 Å². The summed E-state index contributed by atoms with van der Waals surface area (Å²) in [6.07, 6.45) is 1.84. The molecule has 0 saturated carbocycles. The van der Waals surface area contributed by atoms with E-state index in [1.165, 1.54) is 5.69 Å². The standard InChI is InChI=1S/C17H20N4S/c1-20(2)16-8-6-14(7-9-16)19-17-21(11-12-22-17)13-15-5-3-4-10-18-15/h3-10H,11-13H2,1-2H3. The first-order chi connectivity index (χ1) is 10.7. The van der Waals surface area contributed by atoms with Gasteiger partial charge in [0.05, 0.1) is 17.9 Å². The number of hydrogen-bond donors (Lipinski definition) is 0. The molecule has 5 heteroatoms. The molecule has 1 aliphatic rings. The summed E-state index contributed by atoms with van der Waals surface area (Å²) in [7, 11) is 4.09. The fourth-order valence-corrected chi connectivity index (χ4v) is 3.31. The molecule has 4 nitrogen and oxygen atoms in total. The molecule has 114 valence electrons. The third-order valence-corrected chi connectivity index (χ3v) is 4.53. The molecule has 0 aliphatic carbocycles. The van der Waals surface area contributed by atoms with Gasteiger partial charge in [-0.15, -0.1) is 0 Å². The van der Waals surface area contributed by atoms with E-state index in [4.69, 9.17) is 4.99 Å². The molecule has 2 aromatic rings. The van der Waals surface area contributed by atoms with Crippen LogP contribution in [0.4, 0.5) is 11.4 Å². The van der Waals surface area contributed by atoms with Gasteiger partial charge in [0.2, 0.25) is 0 Å². The van der Waals surface area contributed by atoms with Gasteiger partial charge in [-0.1, -0.05) is 17.8 Å². The summed E-state index contributed by atoms with van der Waals surface area (Å²) in [5, 5.41) is 1.09. The quantitative estimate of drug-likeness (QED) is 0.866. The van der Waals surface area contributed by atoms with Crippen molar-refractivity contribution in [2.24, 2.45) is 4.99 Å². The smallest absolute Gasteiger partial charge is 0.164 e. The molecule has 2 heterocycles.